The molecule has 3 heteroatoms. The molecule has 0 fully saturated rings. The average Bonchev–Trinajstić information content (AvgIpc) is 2.88. The molecule has 2 aromatic carbocycles. The molecule has 20 heavy (non-hydrogen) atoms. The maximum absolute atomic E-state index is 5.88. The molecule has 0 aromatic heterocycles. The molecule has 1 unspecified atom stereocenters. The van der Waals surface area contributed by atoms with Gasteiger partial charge in [-0.2, -0.15) is 0 Å². The number of benzene rings is 2. The van der Waals surface area contributed by atoms with E-state index in [4.69, 9.17) is 15.2 Å². The van der Waals surface area contributed by atoms with Crippen molar-refractivity contribution < 1.29 is 9.47 Å². The van der Waals surface area contributed by atoms with E-state index < -0.39 is 0 Å². The van der Waals surface area contributed by atoms with Gasteiger partial charge in [0.2, 0.25) is 0 Å². The maximum Gasteiger partial charge on any atom is 0.137 e. The Kier molecular flexibility index (Phi) is 3.61. The zero-order chi connectivity index (χ0) is 13.9. The molecule has 0 saturated heterocycles. The Bertz CT molecular complexity index is 570. The molecule has 2 atom stereocenters. The summed E-state index contributed by atoms with van der Waals surface area (Å²) in [5.41, 5.74) is 8.21. The third kappa shape index (κ3) is 2.78. The van der Waals surface area contributed by atoms with Gasteiger partial charge in [-0.25, -0.2) is 0 Å². The number of rotatable bonds is 4. The number of nitrogens with two attached hydrogens (primary N) is 1. The van der Waals surface area contributed by atoms with Crippen molar-refractivity contribution in [1.29, 1.82) is 0 Å². The summed E-state index contributed by atoms with van der Waals surface area (Å²) >= 11 is 0. The normalized spacial score (nSPS) is 18.2. The van der Waals surface area contributed by atoms with Crippen molar-refractivity contribution in [3.05, 3.63) is 59.7 Å². The Hall–Kier alpha value is -2.00. The number of hydrogen-bond acceptors (Lipinski definition) is 3. The van der Waals surface area contributed by atoms with E-state index in [0.717, 1.165) is 23.5 Å². The van der Waals surface area contributed by atoms with Crippen LogP contribution in [0.3, 0.4) is 0 Å². The van der Waals surface area contributed by atoms with E-state index in [0.29, 0.717) is 6.61 Å². The molecule has 3 nitrogen and oxygen atoms in total. The molecular weight excluding hydrogens is 250 g/mol. The summed E-state index contributed by atoms with van der Waals surface area (Å²) in [6, 6.07) is 16.1. The second kappa shape index (κ2) is 5.55. The first-order valence-electron chi connectivity index (χ1n) is 6.95. The quantitative estimate of drug-likeness (QED) is 0.927. The smallest absolute Gasteiger partial charge is 0.137 e. The zero-order valence-corrected chi connectivity index (χ0v) is 11.6. The third-order valence-electron chi connectivity index (χ3n) is 3.53. The lowest BCUT2D eigenvalue weighted by Crippen LogP contribution is -2.22. The van der Waals surface area contributed by atoms with Gasteiger partial charge in [-0.3, -0.25) is 0 Å². The van der Waals surface area contributed by atoms with Gasteiger partial charge in [-0.15, -0.1) is 0 Å². The summed E-state index contributed by atoms with van der Waals surface area (Å²) in [6.45, 7) is 2.52. The van der Waals surface area contributed by atoms with Crippen LogP contribution in [0.2, 0.25) is 0 Å². The fourth-order valence-electron chi connectivity index (χ4n) is 2.42. The molecule has 2 aromatic rings. The highest BCUT2D eigenvalue weighted by Crippen LogP contribution is 2.28. The van der Waals surface area contributed by atoms with E-state index in [9.17, 15) is 0 Å². The van der Waals surface area contributed by atoms with E-state index in [2.05, 4.69) is 6.07 Å². The lowest BCUT2D eigenvalue weighted by molar-refractivity contribution is 0.148. The van der Waals surface area contributed by atoms with Crippen LogP contribution >= 0.6 is 0 Å². The van der Waals surface area contributed by atoms with Gasteiger partial charge < -0.3 is 15.2 Å². The summed E-state index contributed by atoms with van der Waals surface area (Å²) < 4.78 is 11.7. The maximum atomic E-state index is 5.88. The van der Waals surface area contributed by atoms with Gasteiger partial charge in [0.15, 0.2) is 0 Å². The minimum Gasteiger partial charge on any atom is -0.490 e. The average molecular weight is 269 g/mol. The van der Waals surface area contributed by atoms with Crippen LogP contribution < -0.4 is 15.2 Å². The van der Waals surface area contributed by atoms with Gasteiger partial charge in [0.05, 0.1) is 0 Å². The van der Waals surface area contributed by atoms with Crippen LogP contribution in [-0.2, 0) is 6.42 Å². The van der Waals surface area contributed by atoms with Gasteiger partial charge in [0, 0.05) is 12.5 Å². The molecule has 0 amide bonds. The number of ether oxygens (including phenoxy) is 2. The van der Waals surface area contributed by atoms with E-state index in [1.807, 2.05) is 49.4 Å². The molecule has 1 heterocycles. The molecular formula is C17H19NO2. The first-order valence-corrected chi connectivity index (χ1v) is 6.95. The Morgan fingerprint density at radius 2 is 2.10 bits per heavy atom. The van der Waals surface area contributed by atoms with Crippen molar-refractivity contribution in [2.75, 3.05) is 6.61 Å². The fraction of sp³-hybridized carbons (Fsp3) is 0.294. The molecule has 1 aliphatic heterocycles. The lowest BCUT2D eigenvalue weighted by Gasteiger charge is -2.14. The van der Waals surface area contributed by atoms with Crippen LogP contribution in [0.15, 0.2) is 48.5 Å². The van der Waals surface area contributed by atoms with Crippen LogP contribution in [0, 0.1) is 0 Å². The molecule has 2 N–H and O–H groups in total. The molecule has 3 rings (SSSR count). The predicted molar refractivity (Wildman–Crippen MR) is 79.1 cm³/mol. The molecule has 0 saturated carbocycles. The predicted octanol–water partition coefficient (Wildman–Crippen LogP) is 3.09. The third-order valence-corrected chi connectivity index (χ3v) is 3.53. The number of fused-ring (bicyclic) bond motifs is 1. The molecule has 0 spiro atoms. The van der Waals surface area contributed by atoms with E-state index in [1.165, 1.54) is 5.56 Å². The molecule has 0 radical (unpaired) electrons. The van der Waals surface area contributed by atoms with Gasteiger partial charge in [-0.1, -0.05) is 30.3 Å². The Morgan fingerprint density at radius 1 is 1.25 bits per heavy atom. The van der Waals surface area contributed by atoms with Crippen molar-refractivity contribution >= 4 is 0 Å². The van der Waals surface area contributed by atoms with Gasteiger partial charge in [-0.05, 0) is 36.2 Å². The van der Waals surface area contributed by atoms with E-state index in [1.54, 1.807) is 0 Å². The second-order valence-electron chi connectivity index (χ2n) is 5.22. The van der Waals surface area contributed by atoms with Crippen LogP contribution in [0.4, 0.5) is 0 Å². The molecule has 0 aliphatic carbocycles. The zero-order valence-electron chi connectivity index (χ0n) is 11.6. The summed E-state index contributed by atoms with van der Waals surface area (Å²) in [4.78, 5) is 0. The first-order chi connectivity index (χ1) is 9.72. The summed E-state index contributed by atoms with van der Waals surface area (Å²) in [5.74, 6) is 1.82. The standard InChI is InChI=1S/C17H19NO2/c1-12(18)13-6-4-7-15(9-13)19-11-16-10-14-5-2-3-8-17(14)20-16/h2-9,12,16H,10-11,18H2,1H3/t12-,16?/m1/s1. The Labute approximate surface area is 119 Å². The largest absolute Gasteiger partial charge is 0.490 e. The fourth-order valence-corrected chi connectivity index (χ4v) is 2.42. The minimum absolute atomic E-state index is 0.0190. The Morgan fingerprint density at radius 3 is 2.90 bits per heavy atom. The van der Waals surface area contributed by atoms with Crippen molar-refractivity contribution in [2.45, 2.75) is 25.5 Å². The SMILES string of the molecule is C[C@@H](N)c1cccc(OCC2Cc3ccccc3O2)c1. The topological polar surface area (TPSA) is 44.5 Å². The molecule has 0 bridgehead atoms. The van der Waals surface area contributed by atoms with Crippen molar-refractivity contribution in [2.24, 2.45) is 5.73 Å². The highest BCUT2D eigenvalue weighted by molar-refractivity contribution is 5.37. The second-order valence-corrected chi connectivity index (χ2v) is 5.22. The van der Waals surface area contributed by atoms with Gasteiger partial charge in [0.25, 0.3) is 0 Å². The van der Waals surface area contributed by atoms with Crippen molar-refractivity contribution in [3.8, 4) is 11.5 Å². The summed E-state index contributed by atoms with van der Waals surface area (Å²) in [6.07, 6.45) is 0.995. The van der Waals surface area contributed by atoms with Gasteiger partial charge >= 0.3 is 0 Å². The Balaban J connectivity index is 1.60. The molecule has 104 valence electrons. The van der Waals surface area contributed by atoms with Crippen LogP contribution in [0.5, 0.6) is 11.5 Å². The number of hydrogen-bond donors (Lipinski definition) is 1. The summed E-state index contributed by atoms with van der Waals surface area (Å²) in [5, 5.41) is 0. The lowest BCUT2D eigenvalue weighted by atomic mass is 10.1. The van der Waals surface area contributed by atoms with Crippen molar-refractivity contribution in [1.82, 2.24) is 0 Å². The van der Waals surface area contributed by atoms with Crippen LogP contribution in [-0.4, -0.2) is 12.7 Å². The summed E-state index contributed by atoms with van der Waals surface area (Å²) in [7, 11) is 0. The van der Waals surface area contributed by atoms with E-state index in [-0.39, 0.29) is 12.1 Å². The highest BCUT2D eigenvalue weighted by Gasteiger charge is 2.22. The van der Waals surface area contributed by atoms with Gasteiger partial charge in [0.1, 0.15) is 24.2 Å². The van der Waals surface area contributed by atoms with Crippen LogP contribution in [0.1, 0.15) is 24.1 Å². The first kappa shape index (κ1) is 13.0. The monoisotopic (exact) mass is 269 g/mol. The molecule has 1 aliphatic rings. The van der Waals surface area contributed by atoms with Crippen LogP contribution in [0.25, 0.3) is 0 Å². The highest BCUT2D eigenvalue weighted by atomic mass is 16.5. The van der Waals surface area contributed by atoms with E-state index >= 15 is 0 Å². The van der Waals surface area contributed by atoms with Crippen molar-refractivity contribution in [3.63, 3.8) is 0 Å². The number of para-hydroxylation sites is 1. The minimum atomic E-state index is 0.0190.